The van der Waals surface area contributed by atoms with Gasteiger partial charge >= 0.3 is 5.91 Å². The predicted molar refractivity (Wildman–Crippen MR) is 141 cm³/mol. The van der Waals surface area contributed by atoms with E-state index in [1.807, 2.05) is 32.9 Å². The van der Waals surface area contributed by atoms with E-state index in [1.165, 1.54) is 4.90 Å². The van der Waals surface area contributed by atoms with Crippen LogP contribution in [0.5, 0.6) is 11.5 Å². The van der Waals surface area contributed by atoms with Crippen LogP contribution in [0, 0.1) is 13.8 Å². The standard InChI is InChI=1S/C29H27N3O5/c1-5-37-21-11-7-9-19(15-21)26(33)24-25(18-8-6-10-20(14-18)36-4)32(28(35)27(24)34)29-30-22-12-16(2)17(3)13-23(22)31-29/h6-15,25,33H,5H2,1-4H3,(H,30,31)/b26-24+. The maximum absolute atomic E-state index is 13.5. The van der Waals surface area contributed by atoms with Crippen molar-refractivity contribution in [3.05, 3.63) is 88.5 Å². The third-order valence-corrected chi connectivity index (χ3v) is 6.59. The van der Waals surface area contributed by atoms with Gasteiger partial charge in [-0.3, -0.25) is 14.5 Å². The molecule has 188 valence electrons. The number of aliphatic hydroxyl groups excluding tert-OH is 1. The van der Waals surface area contributed by atoms with Crippen molar-refractivity contribution in [2.45, 2.75) is 26.8 Å². The van der Waals surface area contributed by atoms with Crippen LogP contribution in [0.4, 0.5) is 5.95 Å². The number of hydrogen-bond acceptors (Lipinski definition) is 6. The van der Waals surface area contributed by atoms with Crippen LogP contribution in [0.2, 0.25) is 0 Å². The number of carbonyl (C=O) groups excluding carboxylic acids is 2. The highest BCUT2D eigenvalue weighted by atomic mass is 16.5. The highest BCUT2D eigenvalue weighted by Gasteiger charge is 2.48. The topological polar surface area (TPSA) is 105 Å². The number of ether oxygens (including phenoxy) is 2. The van der Waals surface area contributed by atoms with Gasteiger partial charge in [0.05, 0.1) is 36.4 Å². The van der Waals surface area contributed by atoms with Crippen LogP contribution in [0.3, 0.4) is 0 Å². The van der Waals surface area contributed by atoms with Crippen LogP contribution in [0.25, 0.3) is 16.8 Å². The number of H-pyrrole nitrogens is 1. The average molecular weight is 498 g/mol. The van der Waals surface area contributed by atoms with Crippen LogP contribution >= 0.6 is 0 Å². The molecule has 4 aromatic rings. The summed E-state index contributed by atoms with van der Waals surface area (Å²) < 4.78 is 11.0. The van der Waals surface area contributed by atoms with Gasteiger partial charge in [-0.05, 0) is 73.9 Å². The number of Topliss-reactive ketones (excluding diaryl/α,β-unsaturated/α-hetero) is 1. The molecule has 1 fully saturated rings. The number of aromatic amines is 1. The molecule has 1 saturated heterocycles. The summed E-state index contributed by atoms with van der Waals surface area (Å²) in [4.78, 5) is 36.1. The Morgan fingerprint density at radius 1 is 1.03 bits per heavy atom. The summed E-state index contributed by atoms with van der Waals surface area (Å²) in [7, 11) is 1.54. The number of fused-ring (bicyclic) bond motifs is 1. The molecule has 3 aromatic carbocycles. The first kappa shape index (κ1) is 24.1. The second-order valence-corrected chi connectivity index (χ2v) is 8.92. The summed E-state index contributed by atoms with van der Waals surface area (Å²) in [6, 6.07) is 16.8. The molecule has 5 rings (SSSR count). The number of anilines is 1. The van der Waals surface area contributed by atoms with Crippen molar-refractivity contribution in [3.8, 4) is 11.5 Å². The fourth-order valence-electron chi connectivity index (χ4n) is 4.60. The maximum atomic E-state index is 13.5. The van der Waals surface area contributed by atoms with Crippen molar-refractivity contribution in [3.63, 3.8) is 0 Å². The molecule has 0 radical (unpaired) electrons. The number of aliphatic hydroxyl groups is 1. The zero-order valence-corrected chi connectivity index (χ0v) is 21.0. The minimum absolute atomic E-state index is 0.0419. The first-order valence-corrected chi connectivity index (χ1v) is 12.0. The highest BCUT2D eigenvalue weighted by molar-refractivity contribution is 6.51. The number of hydrogen-bond donors (Lipinski definition) is 2. The van der Waals surface area contributed by atoms with E-state index >= 15 is 0 Å². The van der Waals surface area contributed by atoms with Crippen LogP contribution in [0.1, 0.15) is 35.2 Å². The lowest BCUT2D eigenvalue weighted by Gasteiger charge is -2.23. The second-order valence-electron chi connectivity index (χ2n) is 8.92. The van der Waals surface area contributed by atoms with Gasteiger partial charge in [-0.2, -0.15) is 0 Å². The Hall–Kier alpha value is -4.59. The summed E-state index contributed by atoms with van der Waals surface area (Å²) in [5.74, 6) is -0.572. The third-order valence-electron chi connectivity index (χ3n) is 6.59. The van der Waals surface area contributed by atoms with E-state index in [0.717, 1.165) is 16.6 Å². The lowest BCUT2D eigenvalue weighted by atomic mass is 9.95. The van der Waals surface area contributed by atoms with E-state index in [4.69, 9.17) is 9.47 Å². The molecule has 2 heterocycles. The fraction of sp³-hybridized carbons (Fsp3) is 0.207. The minimum Gasteiger partial charge on any atom is -0.507 e. The molecule has 1 unspecified atom stereocenters. The fourth-order valence-corrected chi connectivity index (χ4v) is 4.60. The average Bonchev–Trinajstić information content (AvgIpc) is 3.41. The molecule has 0 aliphatic carbocycles. The van der Waals surface area contributed by atoms with E-state index in [1.54, 1.807) is 55.6 Å². The van der Waals surface area contributed by atoms with Crippen molar-refractivity contribution in [1.29, 1.82) is 0 Å². The third kappa shape index (κ3) is 4.20. The van der Waals surface area contributed by atoms with Gasteiger partial charge in [0.1, 0.15) is 17.3 Å². The zero-order valence-electron chi connectivity index (χ0n) is 21.0. The lowest BCUT2D eigenvalue weighted by molar-refractivity contribution is -0.132. The van der Waals surface area contributed by atoms with Crippen molar-refractivity contribution in [2.75, 3.05) is 18.6 Å². The van der Waals surface area contributed by atoms with E-state index in [2.05, 4.69) is 9.97 Å². The number of nitrogens with one attached hydrogen (secondary N) is 1. The number of imidazole rings is 1. The van der Waals surface area contributed by atoms with Gasteiger partial charge in [0.2, 0.25) is 5.95 Å². The Morgan fingerprint density at radius 3 is 2.51 bits per heavy atom. The van der Waals surface area contributed by atoms with Crippen LogP contribution in [-0.4, -0.2) is 40.5 Å². The number of aromatic nitrogens is 2. The Bertz CT molecular complexity index is 1530. The van der Waals surface area contributed by atoms with Gasteiger partial charge in [-0.25, -0.2) is 4.98 Å². The van der Waals surface area contributed by atoms with E-state index in [0.29, 0.717) is 34.7 Å². The van der Waals surface area contributed by atoms with Gasteiger partial charge in [0.25, 0.3) is 5.78 Å². The lowest BCUT2D eigenvalue weighted by Crippen LogP contribution is -2.30. The molecule has 8 heteroatoms. The van der Waals surface area contributed by atoms with E-state index < -0.39 is 17.7 Å². The molecular formula is C29H27N3O5. The number of benzene rings is 3. The number of rotatable bonds is 6. The molecule has 1 amide bonds. The molecule has 1 atom stereocenters. The summed E-state index contributed by atoms with van der Waals surface area (Å²) >= 11 is 0. The smallest absolute Gasteiger partial charge is 0.302 e. The van der Waals surface area contributed by atoms with Crippen LogP contribution in [-0.2, 0) is 9.59 Å². The number of methoxy groups -OCH3 is 1. The SMILES string of the molecule is CCOc1cccc(/C(O)=C2\C(=O)C(=O)N(c3nc4cc(C)c(C)cc4[nH]3)C2c2cccc(OC)c2)c1. The Balaban J connectivity index is 1.72. The molecule has 37 heavy (non-hydrogen) atoms. The van der Waals surface area contributed by atoms with Crippen LogP contribution < -0.4 is 14.4 Å². The van der Waals surface area contributed by atoms with E-state index in [9.17, 15) is 14.7 Å². The van der Waals surface area contributed by atoms with Gasteiger partial charge < -0.3 is 19.6 Å². The Labute approximate surface area is 214 Å². The summed E-state index contributed by atoms with van der Waals surface area (Å²) in [6.45, 7) is 6.29. The van der Waals surface area contributed by atoms with Crippen molar-refractivity contribution in [1.82, 2.24) is 9.97 Å². The molecule has 0 saturated carbocycles. The van der Waals surface area contributed by atoms with Gasteiger partial charge in [0, 0.05) is 5.56 Å². The van der Waals surface area contributed by atoms with Crippen molar-refractivity contribution in [2.24, 2.45) is 0 Å². The maximum Gasteiger partial charge on any atom is 0.302 e. The monoisotopic (exact) mass is 497 g/mol. The molecule has 1 aliphatic rings. The predicted octanol–water partition coefficient (Wildman–Crippen LogP) is 5.21. The van der Waals surface area contributed by atoms with Crippen molar-refractivity contribution < 1.29 is 24.2 Å². The first-order chi connectivity index (χ1) is 17.8. The molecule has 0 bridgehead atoms. The molecular weight excluding hydrogens is 470 g/mol. The number of ketones is 1. The summed E-state index contributed by atoms with van der Waals surface area (Å²) in [5, 5.41) is 11.4. The minimum atomic E-state index is -0.936. The Morgan fingerprint density at radius 2 is 1.76 bits per heavy atom. The zero-order chi connectivity index (χ0) is 26.3. The highest BCUT2D eigenvalue weighted by Crippen LogP contribution is 2.42. The molecule has 8 nitrogen and oxygen atoms in total. The molecule has 2 N–H and O–H groups in total. The van der Waals surface area contributed by atoms with Crippen molar-refractivity contribution >= 4 is 34.4 Å². The van der Waals surface area contributed by atoms with E-state index in [-0.39, 0.29) is 17.3 Å². The van der Waals surface area contributed by atoms with Gasteiger partial charge in [-0.1, -0.05) is 24.3 Å². The quantitative estimate of drug-likeness (QED) is 0.215. The molecule has 1 aliphatic heterocycles. The second kappa shape index (κ2) is 9.46. The first-order valence-electron chi connectivity index (χ1n) is 12.0. The van der Waals surface area contributed by atoms with Crippen LogP contribution in [0.15, 0.2) is 66.2 Å². The summed E-state index contributed by atoms with van der Waals surface area (Å²) in [6.07, 6.45) is 0. The number of amides is 1. The normalized spacial score (nSPS) is 17.0. The van der Waals surface area contributed by atoms with Gasteiger partial charge in [0.15, 0.2) is 0 Å². The largest absolute Gasteiger partial charge is 0.507 e. The number of aryl methyl sites for hydroxylation is 2. The molecule has 1 aromatic heterocycles. The molecule has 0 spiro atoms. The Kier molecular flexibility index (Phi) is 6.17. The van der Waals surface area contributed by atoms with Gasteiger partial charge in [-0.15, -0.1) is 0 Å². The number of nitrogens with zero attached hydrogens (tertiary/aromatic N) is 2. The summed E-state index contributed by atoms with van der Waals surface area (Å²) in [5.41, 5.74) is 4.47. The number of carbonyl (C=O) groups is 2.